The van der Waals surface area contributed by atoms with Crippen molar-refractivity contribution in [1.82, 2.24) is 15.1 Å². The van der Waals surface area contributed by atoms with Crippen LogP contribution in [0.4, 0.5) is 5.69 Å². The van der Waals surface area contributed by atoms with E-state index in [2.05, 4.69) is 22.7 Å². The highest BCUT2D eigenvalue weighted by atomic mass is 16.2. The summed E-state index contributed by atoms with van der Waals surface area (Å²) >= 11 is 0. The normalized spacial score (nSPS) is 10.6. The Balaban J connectivity index is 2.10. The van der Waals surface area contributed by atoms with E-state index in [1.54, 1.807) is 11.7 Å². The molecule has 0 aliphatic heterocycles. The summed E-state index contributed by atoms with van der Waals surface area (Å²) in [5.74, 6) is -0.134. The van der Waals surface area contributed by atoms with Gasteiger partial charge in [0.2, 0.25) is 0 Å². The fourth-order valence-electron chi connectivity index (χ4n) is 2.14. The highest BCUT2D eigenvalue weighted by Crippen LogP contribution is 2.13. The first kappa shape index (κ1) is 15.3. The Morgan fingerprint density at radius 3 is 2.76 bits per heavy atom. The van der Waals surface area contributed by atoms with Gasteiger partial charge in [0.15, 0.2) is 0 Å². The molecule has 0 aliphatic carbocycles. The zero-order valence-electron chi connectivity index (χ0n) is 12.8. The molecule has 5 nitrogen and oxygen atoms in total. The zero-order valence-corrected chi connectivity index (χ0v) is 12.8. The standard InChI is InChI=1S/C16H22N4O/c1-4-13-10-15(20(3)19-13)16(21)18-14-8-6-7-12(9-14)11-17-5-2/h6-10,17H,4-5,11H2,1-3H3,(H,18,21). The average Bonchev–Trinajstić information content (AvgIpc) is 2.87. The molecule has 2 N–H and O–H groups in total. The van der Waals surface area contributed by atoms with E-state index in [-0.39, 0.29) is 5.91 Å². The molecule has 0 aliphatic rings. The van der Waals surface area contributed by atoms with Crippen LogP contribution in [-0.4, -0.2) is 22.2 Å². The minimum Gasteiger partial charge on any atom is -0.321 e. The number of hydrogen-bond donors (Lipinski definition) is 2. The molecule has 0 saturated carbocycles. The van der Waals surface area contributed by atoms with Crippen LogP contribution in [-0.2, 0) is 20.0 Å². The molecule has 0 radical (unpaired) electrons. The number of nitrogens with one attached hydrogen (secondary N) is 2. The van der Waals surface area contributed by atoms with Gasteiger partial charge in [-0.1, -0.05) is 26.0 Å². The quantitative estimate of drug-likeness (QED) is 0.857. The van der Waals surface area contributed by atoms with Crippen LogP contribution in [0, 0.1) is 0 Å². The van der Waals surface area contributed by atoms with Crippen molar-refractivity contribution in [2.75, 3.05) is 11.9 Å². The maximum absolute atomic E-state index is 12.3. The molecule has 0 atom stereocenters. The van der Waals surface area contributed by atoms with Crippen LogP contribution in [0.15, 0.2) is 30.3 Å². The van der Waals surface area contributed by atoms with Gasteiger partial charge in [-0.3, -0.25) is 9.48 Å². The topological polar surface area (TPSA) is 58.9 Å². The molecule has 2 aromatic rings. The molecule has 0 spiro atoms. The Kier molecular flexibility index (Phi) is 5.11. The molecule has 1 amide bonds. The smallest absolute Gasteiger partial charge is 0.273 e. The summed E-state index contributed by atoms with van der Waals surface area (Å²) in [4.78, 5) is 12.3. The number of carbonyl (C=O) groups excluding carboxylic acids is 1. The highest BCUT2D eigenvalue weighted by Gasteiger charge is 2.12. The van der Waals surface area contributed by atoms with Crippen LogP contribution < -0.4 is 10.6 Å². The highest BCUT2D eigenvalue weighted by molar-refractivity contribution is 6.03. The SMILES string of the molecule is CCNCc1cccc(NC(=O)c2cc(CC)nn2C)c1. The molecular formula is C16H22N4O. The predicted molar refractivity (Wildman–Crippen MR) is 84.4 cm³/mol. The molecule has 21 heavy (non-hydrogen) atoms. The Bertz CT molecular complexity index is 618. The zero-order chi connectivity index (χ0) is 15.2. The van der Waals surface area contributed by atoms with E-state index < -0.39 is 0 Å². The number of aryl methyl sites for hydroxylation is 2. The van der Waals surface area contributed by atoms with Crippen molar-refractivity contribution >= 4 is 11.6 Å². The van der Waals surface area contributed by atoms with E-state index in [1.165, 1.54) is 0 Å². The Morgan fingerprint density at radius 1 is 1.29 bits per heavy atom. The van der Waals surface area contributed by atoms with Crippen molar-refractivity contribution in [3.63, 3.8) is 0 Å². The number of nitrogens with zero attached hydrogens (tertiary/aromatic N) is 2. The van der Waals surface area contributed by atoms with Crippen molar-refractivity contribution in [1.29, 1.82) is 0 Å². The number of hydrogen-bond acceptors (Lipinski definition) is 3. The summed E-state index contributed by atoms with van der Waals surface area (Å²) in [6.07, 6.45) is 0.819. The van der Waals surface area contributed by atoms with Crippen LogP contribution in [0.2, 0.25) is 0 Å². The number of rotatable bonds is 6. The average molecular weight is 286 g/mol. The van der Waals surface area contributed by atoms with Gasteiger partial charge in [0, 0.05) is 19.3 Å². The first-order chi connectivity index (χ1) is 10.1. The summed E-state index contributed by atoms with van der Waals surface area (Å²) in [5.41, 5.74) is 3.44. The van der Waals surface area contributed by atoms with Crippen molar-refractivity contribution in [2.45, 2.75) is 26.8 Å². The number of amides is 1. The molecule has 0 unspecified atom stereocenters. The van der Waals surface area contributed by atoms with Gasteiger partial charge in [0.1, 0.15) is 5.69 Å². The molecule has 1 aromatic heterocycles. The van der Waals surface area contributed by atoms with Gasteiger partial charge in [-0.2, -0.15) is 5.10 Å². The van der Waals surface area contributed by atoms with E-state index in [0.29, 0.717) is 5.69 Å². The third-order valence-corrected chi connectivity index (χ3v) is 3.29. The molecule has 0 fully saturated rings. The summed E-state index contributed by atoms with van der Waals surface area (Å²) in [6.45, 7) is 5.81. The largest absolute Gasteiger partial charge is 0.321 e. The summed E-state index contributed by atoms with van der Waals surface area (Å²) < 4.78 is 1.62. The number of carbonyl (C=O) groups is 1. The van der Waals surface area contributed by atoms with Crippen molar-refractivity contribution in [3.8, 4) is 0 Å². The van der Waals surface area contributed by atoms with Crippen LogP contribution in [0.3, 0.4) is 0 Å². The van der Waals surface area contributed by atoms with E-state index in [9.17, 15) is 4.79 Å². The van der Waals surface area contributed by atoms with Gasteiger partial charge >= 0.3 is 0 Å². The van der Waals surface area contributed by atoms with E-state index in [4.69, 9.17) is 0 Å². The number of benzene rings is 1. The van der Waals surface area contributed by atoms with Crippen molar-refractivity contribution in [3.05, 3.63) is 47.3 Å². The lowest BCUT2D eigenvalue weighted by molar-refractivity contribution is 0.101. The summed E-state index contributed by atoms with van der Waals surface area (Å²) in [6, 6.07) is 9.69. The monoisotopic (exact) mass is 286 g/mol. The molecule has 1 heterocycles. The second-order valence-corrected chi connectivity index (χ2v) is 4.93. The lowest BCUT2D eigenvalue weighted by Crippen LogP contribution is -2.16. The van der Waals surface area contributed by atoms with Gasteiger partial charge < -0.3 is 10.6 Å². The Hall–Kier alpha value is -2.14. The summed E-state index contributed by atoms with van der Waals surface area (Å²) in [5, 5.41) is 10.5. The minimum absolute atomic E-state index is 0.134. The third kappa shape index (κ3) is 3.92. The number of aromatic nitrogens is 2. The van der Waals surface area contributed by atoms with Crippen LogP contribution in [0.1, 0.15) is 35.6 Å². The third-order valence-electron chi connectivity index (χ3n) is 3.29. The fraction of sp³-hybridized carbons (Fsp3) is 0.375. The lowest BCUT2D eigenvalue weighted by Gasteiger charge is -2.08. The van der Waals surface area contributed by atoms with Gasteiger partial charge in [-0.25, -0.2) is 0 Å². The van der Waals surface area contributed by atoms with Gasteiger partial charge in [0.25, 0.3) is 5.91 Å². The van der Waals surface area contributed by atoms with E-state index in [1.807, 2.05) is 37.3 Å². The van der Waals surface area contributed by atoms with Crippen LogP contribution in [0.25, 0.3) is 0 Å². The van der Waals surface area contributed by atoms with Crippen LogP contribution >= 0.6 is 0 Å². The predicted octanol–water partition coefficient (Wildman–Crippen LogP) is 2.34. The maximum Gasteiger partial charge on any atom is 0.273 e. The Labute approximate surface area is 125 Å². The second kappa shape index (κ2) is 7.04. The number of anilines is 1. The molecule has 1 aromatic carbocycles. The molecule has 2 rings (SSSR count). The van der Waals surface area contributed by atoms with Crippen molar-refractivity contribution in [2.24, 2.45) is 7.05 Å². The van der Waals surface area contributed by atoms with Crippen molar-refractivity contribution < 1.29 is 4.79 Å². The lowest BCUT2D eigenvalue weighted by atomic mass is 10.2. The molecular weight excluding hydrogens is 264 g/mol. The van der Waals surface area contributed by atoms with E-state index in [0.717, 1.165) is 36.5 Å². The molecule has 0 saturated heterocycles. The molecule has 5 heteroatoms. The molecule has 0 bridgehead atoms. The first-order valence-electron chi connectivity index (χ1n) is 7.28. The maximum atomic E-state index is 12.3. The van der Waals surface area contributed by atoms with Gasteiger partial charge in [0.05, 0.1) is 5.69 Å². The first-order valence-corrected chi connectivity index (χ1v) is 7.28. The van der Waals surface area contributed by atoms with E-state index >= 15 is 0 Å². The Morgan fingerprint density at radius 2 is 2.10 bits per heavy atom. The molecule has 112 valence electrons. The minimum atomic E-state index is -0.134. The van der Waals surface area contributed by atoms with Gasteiger partial charge in [-0.05, 0) is 36.7 Å². The van der Waals surface area contributed by atoms with Crippen LogP contribution in [0.5, 0.6) is 0 Å². The second-order valence-electron chi connectivity index (χ2n) is 4.93. The van der Waals surface area contributed by atoms with Gasteiger partial charge in [-0.15, -0.1) is 0 Å². The summed E-state index contributed by atoms with van der Waals surface area (Å²) in [7, 11) is 1.79. The fourth-order valence-corrected chi connectivity index (χ4v) is 2.14.